The molecule has 19 heavy (non-hydrogen) atoms. The van der Waals surface area contributed by atoms with E-state index < -0.39 is 0 Å². The molecule has 0 bridgehead atoms. The number of nitrogens with zero attached hydrogens (tertiary/aromatic N) is 1. The maximum Gasteiger partial charge on any atom is 0.100 e. The molecule has 3 rings (SSSR count). The average Bonchev–Trinajstić information content (AvgIpc) is 2.48. The number of hydrogen-bond donors (Lipinski definition) is 0. The molecule has 0 unspecified atom stereocenters. The lowest BCUT2D eigenvalue weighted by Crippen LogP contribution is -1.91. The summed E-state index contributed by atoms with van der Waals surface area (Å²) < 4.78 is 0. The molecule has 0 heterocycles. The van der Waals surface area contributed by atoms with E-state index in [4.69, 9.17) is 0 Å². The zero-order chi connectivity index (χ0) is 13.2. The second kappa shape index (κ2) is 4.59. The Morgan fingerprint density at radius 2 is 1.58 bits per heavy atom. The molecule has 0 N–H and O–H groups in total. The van der Waals surface area contributed by atoms with Gasteiger partial charge in [0.2, 0.25) is 0 Å². The van der Waals surface area contributed by atoms with E-state index in [1.54, 1.807) is 0 Å². The number of rotatable bonds is 1. The molecule has 1 heteroatoms. The van der Waals surface area contributed by atoms with Gasteiger partial charge >= 0.3 is 0 Å². The van der Waals surface area contributed by atoms with E-state index in [-0.39, 0.29) is 0 Å². The first-order chi connectivity index (χ1) is 9.31. The van der Waals surface area contributed by atoms with E-state index in [0.717, 1.165) is 27.6 Å². The number of nitriles is 1. The van der Waals surface area contributed by atoms with Crippen LogP contribution in [0.5, 0.6) is 0 Å². The minimum atomic E-state index is 0.768. The Bertz CT molecular complexity index is 780. The van der Waals surface area contributed by atoms with Crippen LogP contribution in [0.2, 0.25) is 0 Å². The normalized spacial score (nSPS) is 10.3. The van der Waals surface area contributed by atoms with Crippen molar-refractivity contribution in [1.82, 2.24) is 0 Å². The van der Waals surface area contributed by atoms with E-state index in [0.29, 0.717) is 0 Å². The molecule has 0 aliphatic rings. The van der Waals surface area contributed by atoms with Crippen LogP contribution in [0.4, 0.5) is 0 Å². The van der Waals surface area contributed by atoms with Gasteiger partial charge in [-0.2, -0.15) is 5.26 Å². The summed E-state index contributed by atoms with van der Waals surface area (Å²) >= 11 is 0. The van der Waals surface area contributed by atoms with Crippen molar-refractivity contribution in [3.05, 3.63) is 71.8 Å². The molecule has 0 radical (unpaired) electrons. The Kier molecular flexibility index (Phi) is 2.78. The lowest BCUT2D eigenvalue weighted by Gasteiger charge is -2.11. The van der Waals surface area contributed by atoms with Gasteiger partial charge in [-0.1, -0.05) is 54.6 Å². The average molecular weight is 243 g/mol. The van der Waals surface area contributed by atoms with Gasteiger partial charge in [-0.3, -0.25) is 0 Å². The molecule has 0 atom stereocenters. The Labute approximate surface area is 112 Å². The van der Waals surface area contributed by atoms with Crippen molar-refractivity contribution in [2.75, 3.05) is 0 Å². The molecule has 1 nitrogen and oxygen atoms in total. The van der Waals surface area contributed by atoms with E-state index in [9.17, 15) is 5.26 Å². The van der Waals surface area contributed by atoms with Gasteiger partial charge in [-0.15, -0.1) is 0 Å². The van der Waals surface area contributed by atoms with Crippen LogP contribution < -0.4 is 0 Å². The van der Waals surface area contributed by atoms with Crippen molar-refractivity contribution in [2.45, 2.75) is 6.92 Å². The van der Waals surface area contributed by atoms with Crippen LogP contribution in [0.3, 0.4) is 0 Å². The Morgan fingerprint density at radius 1 is 0.895 bits per heavy atom. The lowest BCUT2D eigenvalue weighted by atomic mass is 9.92. The second-order valence-corrected chi connectivity index (χ2v) is 4.62. The number of aryl methyl sites for hydroxylation is 1. The van der Waals surface area contributed by atoms with Crippen molar-refractivity contribution in [3.8, 4) is 17.2 Å². The fourth-order valence-corrected chi connectivity index (χ4v) is 2.52. The van der Waals surface area contributed by atoms with E-state index in [2.05, 4.69) is 24.3 Å². The first kappa shape index (κ1) is 11.5. The van der Waals surface area contributed by atoms with E-state index >= 15 is 0 Å². The maximum absolute atomic E-state index is 9.47. The highest BCUT2D eigenvalue weighted by molar-refractivity contribution is 5.93. The predicted molar refractivity (Wildman–Crippen MR) is 78.8 cm³/mol. The number of benzene rings is 3. The van der Waals surface area contributed by atoms with Gasteiger partial charge in [-0.25, -0.2) is 0 Å². The Morgan fingerprint density at radius 3 is 2.32 bits per heavy atom. The van der Waals surface area contributed by atoms with Crippen LogP contribution in [0, 0.1) is 18.3 Å². The monoisotopic (exact) mass is 243 g/mol. The maximum atomic E-state index is 9.47. The van der Waals surface area contributed by atoms with Gasteiger partial charge in [0.25, 0.3) is 0 Å². The predicted octanol–water partition coefficient (Wildman–Crippen LogP) is 4.69. The zero-order valence-electron chi connectivity index (χ0n) is 10.7. The topological polar surface area (TPSA) is 23.8 Å². The van der Waals surface area contributed by atoms with Crippen LogP contribution in [-0.2, 0) is 0 Å². The molecule has 0 fully saturated rings. The largest absolute Gasteiger partial charge is 0.192 e. The molecule has 0 saturated carbocycles. The van der Waals surface area contributed by atoms with Crippen molar-refractivity contribution in [1.29, 1.82) is 5.26 Å². The van der Waals surface area contributed by atoms with Gasteiger partial charge in [0.15, 0.2) is 0 Å². The summed E-state index contributed by atoms with van der Waals surface area (Å²) in [4.78, 5) is 0. The van der Waals surface area contributed by atoms with Crippen molar-refractivity contribution in [3.63, 3.8) is 0 Å². The molecule has 0 aliphatic heterocycles. The summed E-state index contributed by atoms with van der Waals surface area (Å²) in [5.74, 6) is 0. The fraction of sp³-hybridized carbons (Fsp3) is 0.0556. The molecular weight excluding hydrogens is 230 g/mol. The summed E-state index contributed by atoms with van der Waals surface area (Å²) in [6.45, 7) is 2.02. The van der Waals surface area contributed by atoms with Crippen LogP contribution in [-0.4, -0.2) is 0 Å². The highest BCUT2D eigenvalue weighted by atomic mass is 14.3. The van der Waals surface area contributed by atoms with E-state index in [1.807, 2.05) is 49.4 Å². The van der Waals surface area contributed by atoms with E-state index in [1.165, 1.54) is 5.39 Å². The lowest BCUT2D eigenvalue weighted by molar-refractivity contribution is 1.42. The quantitative estimate of drug-likeness (QED) is 0.608. The molecule has 90 valence electrons. The van der Waals surface area contributed by atoms with Crippen LogP contribution in [0.15, 0.2) is 60.7 Å². The van der Waals surface area contributed by atoms with Crippen LogP contribution in [0.1, 0.15) is 11.1 Å². The van der Waals surface area contributed by atoms with Crippen molar-refractivity contribution in [2.24, 2.45) is 0 Å². The molecule has 0 aromatic heterocycles. The minimum Gasteiger partial charge on any atom is -0.192 e. The first-order valence-corrected chi connectivity index (χ1v) is 6.29. The summed E-state index contributed by atoms with van der Waals surface area (Å²) in [7, 11) is 0. The van der Waals surface area contributed by atoms with Crippen LogP contribution >= 0.6 is 0 Å². The van der Waals surface area contributed by atoms with Gasteiger partial charge in [0, 0.05) is 5.56 Å². The third kappa shape index (κ3) is 1.88. The molecule has 0 saturated heterocycles. The molecular formula is C18H13N. The smallest absolute Gasteiger partial charge is 0.100 e. The van der Waals surface area contributed by atoms with Gasteiger partial charge in [0.1, 0.15) is 6.07 Å². The third-order valence-corrected chi connectivity index (χ3v) is 3.51. The third-order valence-electron chi connectivity index (χ3n) is 3.51. The zero-order valence-corrected chi connectivity index (χ0v) is 10.7. The van der Waals surface area contributed by atoms with Crippen molar-refractivity contribution >= 4 is 10.8 Å². The SMILES string of the molecule is Cc1c(C#N)c(-c2ccccc2)cc2ccccc12. The number of hydrogen-bond acceptors (Lipinski definition) is 1. The molecule has 0 spiro atoms. The highest BCUT2D eigenvalue weighted by Crippen LogP contribution is 2.31. The van der Waals surface area contributed by atoms with Gasteiger partial charge < -0.3 is 0 Å². The summed E-state index contributed by atoms with van der Waals surface area (Å²) in [6.07, 6.45) is 0. The number of fused-ring (bicyclic) bond motifs is 1. The molecule has 0 amide bonds. The summed E-state index contributed by atoms with van der Waals surface area (Å²) in [5.41, 5.74) is 3.93. The highest BCUT2D eigenvalue weighted by Gasteiger charge is 2.11. The molecule has 3 aromatic rings. The summed E-state index contributed by atoms with van der Waals surface area (Å²) in [6, 6.07) is 22.8. The molecule has 0 aliphatic carbocycles. The Balaban J connectivity index is 2.40. The van der Waals surface area contributed by atoms with Gasteiger partial charge in [0.05, 0.1) is 5.56 Å². The Hall–Kier alpha value is -2.59. The van der Waals surface area contributed by atoms with Crippen molar-refractivity contribution < 1.29 is 0 Å². The summed E-state index contributed by atoms with van der Waals surface area (Å²) in [5, 5.41) is 11.8. The fourth-order valence-electron chi connectivity index (χ4n) is 2.52. The first-order valence-electron chi connectivity index (χ1n) is 6.29. The van der Waals surface area contributed by atoms with Crippen LogP contribution in [0.25, 0.3) is 21.9 Å². The molecule has 3 aromatic carbocycles. The minimum absolute atomic E-state index is 0.768. The standard InChI is InChI=1S/C18H13N/c1-13-16-10-6-5-9-15(16)11-17(18(13)12-19)14-7-3-2-4-8-14/h2-11H,1H3. The van der Waals surface area contributed by atoms with Gasteiger partial charge in [-0.05, 0) is 34.9 Å². The second-order valence-electron chi connectivity index (χ2n) is 4.62.